The predicted octanol–water partition coefficient (Wildman–Crippen LogP) is 2.15. The molecule has 0 aromatic heterocycles. The quantitative estimate of drug-likeness (QED) is 0.689. The van der Waals surface area contributed by atoms with Crippen molar-refractivity contribution in [2.24, 2.45) is 10.4 Å². The first-order valence-electron chi connectivity index (χ1n) is 6.74. The predicted molar refractivity (Wildman–Crippen MR) is 78.5 cm³/mol. The molecule has 1 aliphatic heterocycles. The molecule has 0 radical (unpaired) electrons. The zero-order chi connectivity index (χ0) is 13.3. The number of nitrogens with zero attached hydrogens (tertiary/aromatic N) is 1. The van der Waals surface area contributed by atoms with E-state index in [-0.39, 0.29) is 0 Å². The fourth-order valence-electron chi connectivity index (χ4n) is 1.81. The monoisotopic (exact) mass is 274 g/mol. The van der Waals surface area contributed by atoms with Crippen LogP contribution in [0.5, 0.6) is 0 Å². The maximum atomic E-state index is 5.40. The zero-order valence-electron chi connectivity index (χ0n) is 11.8. The Bertz CT molecular complexity index is 255. The largest absolute Gasteiger partial charge is 0.382 e. The summed E-state index contributed by atoms with van der Waals surface area (Å²) in [5, 5.41) is 4.40. The van der Waals surface area contributed by atoms with Crippen LogP contribution >= 0.6 is 11.8 Å². The van der Waals surface area contributed by atoms with Gasteiger partial charge in [0.1, 0.15) is 0 Å². The highest BCUT2D eigenvalue weighted by Gasteiger charge is 2.29. The average molecular weight is 274 g/mol. The van der Waals surface area contributed by atoms with E-state index < -0.39 is 0 Å². The minimum atomic E-state index is 0.421. The summed E-state index contributed by atoms with van der Waals surface area (Å²) in [6, 6.07) is 0. The lowest BCUT2D eigenvalue weighted by Gasteiger charge is -2.33. The highest BCUT2D eigenvalue weighted by atomic mass is 32.2. The van der Waals surface area contributed by atoms with Crippen LogP contribution in [0.4, 0.5) is 0 Å². The van der Waals surface area contributed by atoms with Gasteiger partial charge in [0.25, 0.3) is 0 Å². The van der Waals surface area contributed by atoms with Gasteiger partial charge in [-0.2, -0.15) is 0 Å². The van der Waals surface area contributed by atoms with E-state index in [1.165, 1.54) is 18.6 Å². The summed E-state index contributed by atoms with van der Waals surface area (Å²) in [4.78, 5) is 4.65. The molecule has 0 bridgehead atoms. The molecule has 0 aromatic rings. The van der Waals surface area contributed by atoms with Crippen molar-refractivity contribution >= 4 is 16.9 Å². The molecule has 0 atom stereocenters. The number of amidine groups is 1. The first-order chi connectivity index (χ1) is 8.76. The van der Waals surface area contributed by atoms with Crippen LogP contribution in [0.15, 0.2) is 4.99 Å². The van der Waals surface area contributed by atoms with Crippen molar-refractivity contribution in [1.29, 1.82) is 0 Å². The summed E-state index contributed by atoms with van der Waals surface area (Å²) in [6.07, 6.45) is 2.43. The Morgan fingerprint density at radius 3 is 2.61 bits per heavy atom. The number of ether oxygens (including phenoxy) is 2. The Morgan fingerprint density at radius 2 is 2.06 bits per heavy atom. The van der Waals surface area contributed by atoms with Crippen LogP contribution in [0.1, 0.15) is 26.7 Å². The van der Waals surface area contributed by atoms with Crippen LogP contribution in [0.3, 0.4) is 0 Å². The molecule has 0 amide bonds. The Hall–Kier alpha value is -0.260. The maximum Gasteiger partial charge on any atom is 0.156 e. The summed E-state index contributed by atoms with van der Waals surface area (Å²) in [5.74, 6) is 1.18. The molecule has 0 saturated heterocycles. The van der Waals surface area contributed by atoms with Gasteiger partial charge in [0.2, 0.25) is 0 Å². The lowest BCUT2D eigenvalue weighted by atomic mass is 9.84. The Kier molecular flexibility index (Phi) is 7.70. The molecule has 0 aromatic carbocycles. The molecular formula is C13H26N2O2S. The molecule has 106 valence electrons. The van der Waals surface area contributed by atoms with E-state index in [2.05, 4.69) is 24.2 Å². The maximum absolute atomic E-state index is 5.40. The summed E-state index contributed by atoms with van der Waals surface area (Å²) in [6.45, 7) is 8.33. The van der Waals surface area contributed by atoms with E-state index in [1.54, 1.807) is 7.11 Å². The van der Waals surface area contributed by atoms with Crippen molar-refractivity contribution in [3.63, 3.8) is 0 Å². The number of methoxy groups -OCH3 is 1. The normalized spacial score (nSPS) is 18.5. The topological polar surface area (TPSA) is 42.9 Å². The van der Waals surface area contributed by atoms with Crippen molar-refractivity contribution in [1.82, 2.24) is 5.32 Å². The zero-order valence-corrected chi connectivity index (χ0v) is 12.6. The van der Waals surface area contributed by atoms with Crippen molar-refractivity contribution < 1.29 is 9.47 Å². The fourth-order valence-corrected chi connectivity index (χ4v) is 3.11. The van der Waals surface area contributed by atoms with E-state index in [0.717, 1.165) is 18.3 Å². The average Bonchev–Trinajstić information content (AvgIpc) is 2.43. The smallest absolute Gasteiger partial charge is 0.156 e. The standard InChI is InChI=1S/C13H26N2O2S/c1-4-13(5-2)10-15-12(18-11-13)14-6-7-17-9-8-16-3/h4-11H2,1-3H3,(H,14,15). The number of rotatable bonds is 8. The summed E-state index contributed by atoms with van der Waals surface area (Å²) in [5.41, 5.74) is 0.421. The van der Waals surface area contributed by atoms with Crippen molar-refractivity contribution in [3.05, 3.63) is 0 Å². The molecule has 0 saturated carbocycles. The Morgan fingerprint density at radius 1 is 1.28 bits per heavy atom. The number of hydrogen-bond acceptors (Lipinski definition) is 5. The third kappa shape index (κ3) is 5.16. The summed E-state index contributed by atoms with van der Waals surface area (Å²) in [7, 11) is 1.68. The molecule has 1 aliphatic rings. The first kappa shape index (κ1) is 15.8. The number of aliphatic imine (C=N–C) groups is 1. The van der Waals surface area contributed by atoms with Gasteiger partial charge in [0, 0.05) is 26.0 Å². The van der Waals surface area contributed by atoms with Gasteiger partial charge in [0.15, 0.2) is 5.17 Å². The molecular weight excluding hydrogens is 248 g/mol. The van der Waals surface area contributed by atoms with Crippen LogP contribution in [0.2, 0.25) is 0 Å². The molecule has 18 heavy (non-hydrogen) atoms. The van der Waals surface area contributed by atoms with Crippen LogP contribution in [-0.2, 0) is 9.47 Å². The van der Waals surface area contributed by atoms with E-state index in [4.69, 9.17) is 9.47 Å². The highest BCUT2D eigenvalue weighted by Crippen LogP contribution is 2.34. The highest BCUT2D eigenvalue weighted by molar-refractivity contribution is 8.13. The molecule has 0 unspecified atom stereocenters. The summed E-state index contributed by atoms with van der Waals surface area (Å²) >= 11 is 1.85. The van der Waals surface area contributed by atoms with Gasteiger partial charge in [-0.1, -0.05) is 25.6 Å². The van der Waals surface area contributed by atoms with Crippen LogP contribution in [0.25, 0.3) is 0 Å². The number of thioether (sulfide) groups is 1. The van der Waals surface area contributed by atoms with Crippen LogP contribution in [0, 0.1) is 5.41 Å². The fraction of sp³-hybridized carbons (Fsp3) is 0.923. The van der Waals surface area contributed by atoms with Gasteiger partial charge in [-0.15, -0.1) is 0 Å². The molecule has 1 heterocycles. The molecule has 0 spiro atoms. The van der Waals surface area contributed by atoms with Crippen molar-refractivity contribution in [2.75, 3.05) is 45.8 Å². The third-order valence-corrected chi connectivity index (χ3v) is 4.83. The van der Waals surface area contributed by atoms with Gasteiger partial charge < -0.3 is 14.8 Å². The van der Waals surface area contributed by atoms with Gasteiger partial charge in [-0.05, 0) is 18.3 Å². The second-order valence-electron chi connectivity index (χ2n) is 4.65. The second kappa shape index (κ2) is 8.77. The van der Waals surface area contributed by atoms with Gasteiger partial charge in [0.05, 0.1) is 19.8 Å². The van der Waals surface area contributed by atoms with Crippen LogP contribution < -0.4 is 5.32 Å². The van der Waals surface area contributed by atoms with E-state index in [0.29, 0.717) is 25.2 Å². The lowest BCUT2D eigenvalue weighted by molar-refractivity contribution is 0.0734. The SMILES string of the molecule is CCC1(CC)CN=C(NCCOCCOC)SC1. The van der Waals surface area contributed by atoms with Gasteiger partial charge >= 0.3 is 0 Å². The van der Waals surface area contributed by atoms with E-state index in [1.807, 2.05) is 11.8 Å². The second-order valence-corrected chi connectivity index (χ2v) is 5.61. The van der Waals surface area contributed by atoms with Gasteiger partial charge in [-0.25, -0.2) is 0 Å². The molecule has 1 N–H and O–H groups in total. The third-order valence-electron chi connectivity index (χ3n) is 3.53. The van der Waals surface area contributed by atoms with E-state index in [9.17, 15) is 0 Å². The number of hydrogen-bond donors (Lipinski definition) is 1. The number of nitrogens with one attached hydrogen (secondary N) is 1. The molecule has 4 nitrogen and oxygen atoms in total. The first-order valence-corrected chi connectivity index (χ1v) is 7.72. The minimum Gasteiger partial charge on any atom is -0.382 e. The van der Waals surface area contributed by atoms with E-state index >= 15 is 0 Å². The molecule has 0 aliphatic carbocycles. The van der Waals surface area contributed by atoms with Crippen LogP contribution in [-0.4, -0.2) is 50.9 Å². The minimum absolute atomic E-state index is 0.421. The Labute approximate surface area is 115 Å². The Balaban J connectivity index is 2.15. The molecule has 5 heteroatoms. The molecule has 1 rings (SSSR count). The van der Waals surface area contributed by atoms with Gasteiger partial charge in [-0.3, -0.25) is 4.99 Å². The lowest BCUT2D eigenvalue weighted by Crippen LogP contribution is -2.35. The van der Waals surface area contributed by atoms with Crippen molar-refractivity contribution in [2.45, 2.75) is 26.7 Å². The summed E-state index contributed by atoms with van der Waals surface area (Å²) < 4.78 is 10.3. The molecule has 0 fully saturated rings. The van der Waals surface area contributed by atoms with Crippen molar-refractivity contribution in [3.8, 4) is 0 Å².